The van der Waals surface area contributed by atoms with Gasteiger partial charge in [-0.2, -0.15) is 10.3 Å². The Morgan fingerprint density at radius 2 is 2.46 bits per heavy atom. The van der Waals surface area contributed by atoms with E-state index in [1.165, 1.54) is 6.33 Å². The van der Waals surface area contributed by atoms with Gasteiger partial charge < -0.3 is 0 Å². The van der Waals surface area contributed by atoms with E-state index in [0.717, 1.165) is 5.82 Å². The van der Waals surface area contributed by atoms with Gasteiger partial charge in [0.05, 0.1) is 0 Å². The van der Waals surface area contributed by atoms with E-state index in [9.17, 15) is 0 Å². The molecular weight excluding hydrogens is 190 g/mol. The number of aromatic amines is 1. The average Bonchev–Trinajstić information content (AvgIpc) is 2.65. The van der Waals surface area contributed by atoms with Gasteiger partial charge in [-0.1, -0.05) is 10.3 Å². The standard InChI is InChI=1S/C5H7N7S/c1-11-4(6-3-7-11)2-12-5(13)8-9-10-12/h3H,2H2,1H3,(H,8,10,13). The highest BCUT2D eigenvalue weighted by Gasteiger charge is 2.02. The second-order valence-electron chi connectivity index (χ2n) is 2.47. The van der Waals surface area contributed by atoms with Gasteiger partial charge in [-0.3, -0.25) is 4.68 Å². The highest BCUT2D eigenvalue weighted by atomic mass is 32.1. The van der Waals surface area contributed by atoms with Crippen molar-refractivity contribution in [2.75, 3.05) is 0 Å². The van der Waals surface area contributed by atoms with Crippen LogP contribution in [0.5, 0.6) is 0 Å². The van der Waals surface area contributed by atoms with Gasteiger partial charge in [0.2, 0.25) is 4.77 Å². The number of rotatable bonds is 2. The third-order valence-electron chi connectivity index (χ3n) is 1.64. The van der Waals surface area contributed by atoms with E-state index in [1.54, 1.807) is 9.36 Å². The second-order valence-corrected chi connectivity index (χ2v) is 2.83. The molecule has 0 radical (unpaired) electrons. The molecule has 0 amide bonds. The minimum absolute atomic E-state index is 0.406. The fraction of sp³-hybridized carbons (Fsp3) is 0.400. The largest absolute Gasteiger partial charge is 0.251 e. The Bertz CT molecular complexity index is 451. The first kappa shape index (κ1) is 8.05. The molecule has 8 heteroatoms. The summed E-state index contributed by atoms with van der Waals surface area (Å²) in [5, 5.41) is 13.8. The van der Waals surface area contributed by atoms with Crippen LogP contribution in [0.3, 0.4) is 0 Å². The number of H-pyrrole nitrogens is 1. The quantitative estimate of drug-likeness (QED) is 0.657. The molecule has 0 unspecified atom stereocenters. The van der Waals surface area contributed by atoms with Crippen molar-refractivity contribution in [3.63, 3.8) is 0 Å². The minimum atomic E-state index is 0.406. The highest BCUT2D eigenvalue weighted by Crippen LogP contribution is 1.94. The summed E-state index contributed by atoms with van der Waals surface area (Å²) in [6, 6.07) is 0. The van der Waals surface area contributed by atoms with Gasteiger partial charge in [-0.15, -0.1) is 0 Å². The summed E-state index contributed by atoms with van der Waals surface area (Å²) < 4.78 is 3.69. The Balaban J connectivity index is 2.29. The SMILES string of the molecule is Cn1ncnc1Cn1[nH]nnc1=S. The predicted molar refractivity (Wildman–Crippen MR) is 45.3 cm³/mol. The fourth-order valence-electron chi connectivity index (χ4n) is 0.924. The number of hydrogen-bond donors (Lipinski definition) is 1. The van der Waals surface area contributed by atoms with Crippen LogP contribution in [0.15, 0.2) is 6.33 Å². The Morgan fingerprint density at radius 3 is 3.00 bits per heavy atom. The summed E-state index contributed by atoms with van der Waals surface area (Å²) in [5.41, 5.74) is 0. The Hall–Kier alpha value is -1.57. The zero-order chi connectivity index (χ0) is 9.26. The Kier molecular flexibility index (Phi) is 1.89. The van der Waals surface area contributed by atoms with Gasteiger partial charge in [-0.25, -0.2) is 9.67 Å². The molecule has 68 valence electrons. The van der Waals surface area contributed by atoms with E-state index < -0.39 is 0 Å². The molecule has 0 aliphatic carbocycles. The van der Waals surface area contributed by atoms with E-state index >= 15 is 0 Å². The van der Waals surface area contributed by atoms with Crippen molar-refractivity contribution in [1.82, 2.24) is 35.0 Å². The summed E-state index contributed by atoms with van der Waals surface area (Å²) in [4.78, 5) is 4.04. The van der Waals surface area contributed by atoms with Gasteiger partial charge >= 0.3 is 0 Å². The Labute approximate surface area is 78.4 Å². The van der Waals surface area contributed by atoms with E-state index in [4.69, 9.17) is 12.2 Å². The maximum atomic E-state index is 4.90. The number of nitrogens with one attached hydrogen (secondary N) is 1. The van der Waals surface area contributed by atoms with Crippen molar-refractivity contribution >= 4 is 12.2 Å². The van der Waals surface area contributed by atoms with Crippen LogP contribution in [-0.2, 0) is 13.6 Å². The molecule has 0 aliphatic heterocycles. The summed E-state index contributed by atoms with van der Waals surface area (Å²) in [6.07, 6.45) is 1.49. The van der Waals surface area contributed by atoms with Crippen molar-refractivity contribution in [1.29, 1.82) is 0 Å². The zero-order valence-electron chi connectivity index (χ0n) is 6.88. The summed E-state index contributed by atoms with van der Waals surface area (Å²) in [5.74, 6) is 0.794. The van der Waals surface area contributed by atoms with Crippen LogP contribution in [0.4, 0.5) is 0 Å². The van der Waals surface area contributed by atoms with Gasteiger partial charge in [0, 0.05) is 7.05 Å². The predicted octanol–water partition coefficient (Wildman–Crippen LogP) is -0.488. The number of tetrazole rings is 1. The monoisotopic (exact) mass is 197 g/mol. The van der Waals surface area contributed by atoms with Crippen molar-refractivity contribution in [3.8, 4) is 0 Å². The minimum Gasteiger partial charge on any atom is -0.251 e. The van der Waals surface area contributed by atoms with Crippen molar-refractivity contribution in [3.05, 3.63) is 16.9 Å². The third-order valence-corrected chi connectivity index (χ3v) is 1.94. The van der Waals surface area contributed by atoms with Gasteiger partial charge in [0.1, 0.15) is 18.7 Å². The molecule has 13 heavy (non-hydrogen) atoms. The molecule has 7 nitrogen and oxygen atoms in total. The maximum absolute atomic E-state index is 4.90. The molecule has 0 saturated heterocycles. The molecule has 0 aliphatic rings. The van der Waals surface area contributed by atoms with Crippen LogP contribution in [-0.4, -0.2) is 35.0 Å². The van der Waals surface area contributed by atoms with Crippen LogP contribution in [0.1, 0.15) is 5.82 Å². The van der Waals surface area contributed by atoms with E-state index in [2.05, 4.69) is 25.6 Å². The van der Waals surface area contributed by atoms with Gasteiger partial charge in [0.15, 0.2) is 0 Å². The first-order valence-electron chi connectivity index (χ1n) is 3.58. The molecular formula is C5H7N7S. The summed E-state index contributed by atoms with van der Waals surface area (Å²) in [7, 11) is 1.82. The first-order valence-corrected chi connectivity index (χ1v) is 3.99. The molecule has 2 rings (SSSR count). The number of hydrogen-bond acceptors (Lipinski definition) is 5. The van der Waals surface area contributed by atoms with Crippen LogP contribution in [0.25, 0.3) is 0 Å². The van der Waals surface area contributed by atoms with Crippen molar-refractivity contribution in [2.24, 2.45) is 7.05 Å². The molecule has 2 heterocycles. The molecule has 2 aromatic heterocycles. The molecule has 0 bridgehead atoms. The second kappa shape index (κ2) is 3.05. The topological polar surface area (TPSA) is 77.2 Å². The smallest absolute Gasteiger partial charge is 0.238 e. The van der Waals surface area contributed by atoms with Gasteiger partial charge in [0.25, 0.3) is 0 Å². The molecule has 0 aromatic carbocycles. The molecule has 2 aromatic rings. The zero-order valence-corrected chi connectivity index (χ0v) is 7.69. The lowest BCUT2D eigenvalue weighted by Gasteiger charge is -1.98. The van der Waals surface area contributed by atoms with Crippen LogP contribution >= 0.6 is 12.2 Å². The number of aryl methyl sites for hydroxylation is 1. The number of aromatic nitrogens is 7. The molecule has 1 N–H and O–H groups in total. The lowest BCUT2D eigenvalue weighted by atomic mass is 10.6. The average molecular weight is 197 g/mol. The highest BCUT2D eigenvalue weighted by molar-refractivity contribution is 7.71. The van der Waals surface area contributed by atoms with E-state index in [-0.39, 0.29) is 0 Å². The van der Waals surface area contributed by atoms with E-state index in [0.29, 0.717) is 11.3 Å². The normalized spacial score (nSPS) is 10.5. The van der Waals surface area contributed by atoms with Crippen LogP contribution in [0, 0.1) is 4.77 Å². The van der Waals surface area contributed by atoms with Crippen molar-refractivity contribution < 1.29 is 0 Å². The molecule has 0 fully saturated rings. The van der Waals surface area contributed by atoms with Crippen LogP contribution in [0.2, 0.25) is 0 Å². The lowest BCUT2D eigenvalue weighted by molar-refractivity contribution is 0.584. The Morgan fingerprint density at radius 1 is 1.62 bits per heavy atom. The van der Waals surface area contributed by atoms with Gasteiger partial charge in [-0.05, 0) is 12.2 Å². The maximum Gasteiger partial charge on any atom is 0.238 e. The van der Waals surface area contributed by atoms with Crippen molar-refractivity contribution in [2.45, 2.75) is 6.54 Å². The molecule has 0 atom stereocenters. The lowest BCUT2D eigenvalue weighted by Crippen LogP contribution is -2.08. The van der Waals surface area contributed by atoms with Crippen LogP contribution < -0.4 is 0 Å². The first-order chi connectivity index (χ1) is 6.27. The third kappa shape index (κ3) is 1.47. The fourth-order valence-corrected chi connectivity index (χ4v) is 1.07. The van der Waals surface area contributed by atoms with E-state index in [1.807, 2.05) is 7.05 Å². The summed E-state index contributed by atoms with van der Waals surface area (Å²) in [6.45, 7) is 0.502. The molecule has 0 spiro atoms. The number of nitrogens with zero attached hydrogens (tertiary/aromatic N) is 6. The summed E-state index contributed by atoms with van der Waals surface area (Å²) >= 11 is 4.90. The molecule has 0 saturated carbocycles.